The summed E-state index contributed by atoms with van der Waals surface area (Å²) < 4.78 is 1.62. The van der Waals surface area contributed by atoms with Crippen molar-refractivity contribution in [3.05, 3.63) is 41.7 Å². The normalized spacial score (nSPS) is 17.6. The van der Waals surface area contributed by atoms with E-state index in [2.05, 4.69) is 10.3 Å². The zero-order valence-corrected chi connectivity index (χ0v) is 12.6. The monoisotopic (exact) mass is 307 g/mol. The van der Waals surface area contributed by atoms with Gasteiger partial charge >= 0.3 is 0 Å². The van der Waals surface area contributed by atoms with Crippen LogP contribution in [0.1, 0.15) is 22.5 Å². The molecule has 2 aromatic rings. The van der Waals surface area contributed by atoms with Gasteiger partial charge in [0.2, 0.25) is 0 Å². The van der Waals surface area contributed by atoms with E-state index in [1.807, 2.05) is 31.2 Å². The van der Waals surface area contributed by atoms with Gasteiger partial charge in [-0.1, -0.05) is 17.3 Å². The second-order valence-electron chi connectivity index (χ2n) is 5.19. The molecule has 0 radical (unpaired) electrons. The van der Waals surface area contributed by atoms with E-state index in [-0.39, 0.29) is 24.4 Å². The molecule has 1 aliphatic heterocycles. The summed E-state index contributed by atoms with van der Waals surface area (Å²) in [7, 11) is 0. The largest absolute Gasteiger partial charge is 0.336 e. The maximum Gasteiger partial charge on any atom is 0.276 e. The minimum absolute atomic E-state index is 0. The van der Waals surface area contributed by atoms with Gasteiger partial charge in [-0.15, -0.1) is 17.5 Å². The van der Waals surface area contributed by atoms with Gasteiger partial charge in [0.15, 0.2) is 5.69 Å². The number of rotatable bonds is 2. The van der Waals surface area contributed by atoms with Gasteiger partial charge in [0, 0.05) is 19.1 Å². The molecule has 0 unspecified atom stereocenters. The number of benzene rings is 1. The number of hydrogen-bond acceptors (Lipinski definition) is 4. The molecule has 6 nitrogen and oxygen atoms in total. The van der Waals surface area contributed by atoms with Crippen molar-refractivity contribution in [1.82, 2.24) is 19.9 Å². The molecule has 1 fully saturated rings. The van der Waals surface area contributed by atoms with Crippen LogP contribution in [0.2, 0.25) is 0 Å². The summed E-state index contributed by atoms with van der Waals surface area (Å²) in [6.07, 6.45) is 2.51. The van der Waals surface area contributed by atoms with Crippen molar-refractivity contribution < 1.29 is 4.79 Å². The smallest absolute Gasteiger partial charge is 0.276 e. The lowest BCUT2D eigenvalue weighted by Gasteiger charge is -2.13. The molecule has 1 aromatic carbocycles. The molecule has 7 heteroatoms. The quantitative estimate of drug-likeness (QED) is 0.903. The predicted octanol–water partition coefficient (Wildman–Crippen LogP) is 1.17. The first-order chi connectivity index (χ1) is 9.63. The molecular formula is C14H18ClN5O. The average molecular weight is 308 g/mol. The fourth-order valence-corrected chi connectivity index (χ4v) is 2.39. The van der Waals surface area contributed by atoms with Crippen molar-refractivity contribution in [2.24, 2.45) is 5.73 Å². The van der Waals surface area contributed by atoms with Crippen molar-refractivity contribution in [2.75, 3.05) is 13.1 Å². The van der Waals surface area contributed by atoms with Crippen LogP contribution in [0.4, 0.5) is 0 Å². The molecule has 1 aromatic heterocycles. The summed E-state index contributed by atoms with van der Waals surface area (Å²) in [6.45, 7) is 3.30. The van der Waals surface area contributed by atoms with Gasteiger partial charge in [0.1, 0.15) is 0 Å². The molecule has 21 heavy (non-hydrogen) atoms. The van der Waals surface area contributed by atoms with E-state index >= 15 is 0 Å². The van der Waals surface area contributed by atoms with Crippen LogP contribution in [0.25, 0.3) is 5.69 Å². The average Bonchev–Trinajstić information content (AvgIpc) is 3.07. The van der Waals surface area contributed by atoms with Gasteiger partial charge in [0.25, 0.3) is 5.91 Å². The van der Waals surface area contributed by atoms with Gasteiger partial charge in [-0.05, 0) is 31.0 Å². The number of amides is 1. The van der Waals surface area contributed by atoms with Crippen LogP contribution in [0.3, 0.4) is 0 Å². The zero-order valence-electron chi connectivity index (χ0n) is 11.8. The highest BCUT2D eigenvalue weighted by Crippen LogP contribution is 2.13. The minimum Gasteiger partial charge on any atom is -0.336 e. The summed E-state index contributed by atoms with van der Waals surface area (Å²) in [4.78, 5) is 14.0. The standard InChI is InChI=1S/C14H17N5O.ClH/c1-10-3-2-4-12(7-10)19-9-13(16-17-19)14(20)18-6-5-11(15)8-18;/h2-4,7,9,11H,5-6,8,15H2,1H3;1H/t11-;/m1./s1. The number of aryl methyl sites for hydroxylation is 1. The van der Waals surface area contributed by atoms with E-state index in [0.29, 0.717) is 18.8 Å². The lowest BCUT2D eigenvalue weighted by molar-refractivity contribution is 0.0785. The van der Waals surface area contributed by atoms with E-state index in [0.717, 1.165) is 17.7 Å². The molecule has 0 aliphatic carbocycles. The lowest BCUT2D eigenvalue weighted by atomic mass is 10.2. The minimum atomic E-state index is -0.100. The molecule has 1 aliphatic rings. The van der Waals surface area contributed by atoms with Crippen LogP contribution in [0.5, 0.6) is 0 Å². The highest BCUT2D eigenvalue weighted by Gasteiger charge is 2.26. The van der Waals surface area contributed by atoms with E-state index < -0.39 is 0 Å². The number of carbonyl (C=O) groups is 1. The summed E-state index contributed by atoms with van der Waals surface area (Å²) in [5.74, 6) is -0.100. The van der Waals surface area contributed by atoms with Crippen molar-refractivity contribution in [3.8, 4) is 5.69 Å². The van der Waals surface area contributed by atoms with E-state index in [1.54, 1.807) is 15.8 Å². The number of nitrogens with two attached hydrogens (primary N) is 1. The highest BCUT2D eigenvalue weighted by molar-refractivity contribution is 5.92. The summed E-state index contributed by atoms with van der Waals surface area (Å²) in [5.41, 5.74) is 8.21. The van der Waals surface area contributed by atoms with E-state index in [1.165, 1.54) is 0 Å². The van der Waals surface area contributed by atoms with Crippen LogP contribution < -0.4 is 5.73 Å². The van der Waals surface area contributed by atoms with Gasteiger partial charge in [-0.25, -0.2) is 4.68 Å². The van der Waals surface area contributed by atoms with Crippen LogP contribution in [-0.2, 0) is 0 Å². The maximum absolute atomic E-state index is 12.3. The fraction of sp³-hybridized carbons (Fsp3) is 0.357. The Balaban J connectivity index is 0.00000161. The van der Waals surface area contributed by atoms with Crippen molar-refractivity contribution in [1.29, 1.82) is 0 Å². The third-order valence-electron chi connectivity index (χ3n) is 3.49. The SMILES string of the molecule is Cc1cccc(-n2cc(C(=O)N3CC[C@@H](N)C3)nn2)c1.Cl. The predicted molar refractivity (Wildman–Crippen MR) is 81.8 cm³/mol. The van der Waals surface area contributed by atoms with Crippen LogP contribution in [-0.4, -0.2) is 44.9 Å². The molecule has 1 amide bonds. The molecule has 3 rings (SSSR count). The van der Waals surface area contributed by atoms with Gasteiger partial charge in [0.05, 0.1) is 11.9 Å². The van der Waals surface area contributed by atoms with Crippen LogP contribution in [0, 0.1) is 6.92 Å². The first-order valence-corrected chi connectivity index (χ1v) is 6.68. The number of carbonyl (C=O) groups excluding carboxylic acids is 1. The Labute approximate surface area is 129 Å². The van der Waals surface area contributed by atoms with Gasteiger partial charge in [-0.3, -0.25) is 4.79 Å². The van der Waals surface area contributed by atoms with Gasteiger partial charge in [-0.2, -0.15) is 0 Å². The van der Waals surface area contributed by atoms with Gasteiger partial charge < -0.3 is 10.6 Å². The van der Waals surface area contributed by atoms with E-state index in [4.69, 9.17) is 5.73 Å². The zero-order chi connectivity index (χ0) is 14.1. The Morgan fingerprint density at radius 1 is 1.43 bits per heavy atom. The Kier molecular flexibility index (Phi) is 4.59. The Morgan fingerprint density at radius 2 is 2.24 bits per heavy atom. The molecule has 1 atom stereocenters. The fourth-order valence-electron chi connectivity index (χ4n) is 2.39. The number of likely N-dealkylation sites (tertiary alicyclic amines) is 1. The molecule has 2 N–H and O–H groups in total. The second kappa shape index (κ2) is 6.24. The molecular weight excluding hydrogens is 290 g/mol. The molecule has 0 bridgehead atoms. The third kappa shape index (κ3) is 3.22. The second-order valence-corrected chi connectivity index (χ2v) is 5.19. The van der Waals surface area contributed by atoms with E-state index in [9.17, 15) is 4.79 Å². The Morgan fingerprint density at radius 3 is 2.90 bits per heavy atom. The third-order valence-corrected chi connectivity index (χ3v) is 3.49. The number of halogens is 1. The molecule has 2 heterocycles. The summed E-state index contributed by atoms with van der Waals surface area (Å²) >= 11 is 0. The van der Waals surface area contributed by atoms with Crippen LogP contribution >= 0.6 is 12.4 Å². The molecule has 0 spiro atoms. The molecule has 112 valence electrons. The van der Waals surface area contributed by atoms with Crippen molar-refractivity contribution in [3.63, 3.8) is 0 Å². The molecule has 0 saturated carbocycles. The van der Waals surface area contributed by atoms with Crippen molar-refractivity contribution >= 4 is 18.3 Å². The first-order valence-electron chi connectivity index (χ1n) is 6.68. The lowest BCUT2D eigenvalue weighted by Crippen LogP contribution is -2.32. The summed E-state index contributed by atoms with van der Waals surface area (Å²) in [6, 6.07) is 7.97. The Hall–Kier alpha value is -1.92. The van der Waals surface area contributed by atoms with Crippen LogP contribution in [0.15, 0.2) is 30.5 Å². The molecule has 1 saturated heterocycles. The van der Waals surface area contributed by atoms with Crippen molar-refractivity contribution in [2.45, 2.75) is 19.4 Å². The summed E-state index contributed by atoms with van der Waals surface area (Å²) in [5, 5.41) is 8.00. The number of hydrogen-bond donors (Lipinski definition) is 1. The number of aromatic nitrogens is 3. The topological polar surface area (TPSA) is 77.0 Å². The maximum atomic E-state index is 12.3. The number of nitrogens with zero attached hydrogens (tertiary/aromatic N) is 4. The Bertz CT molecular complexity index is 642. The highest BCUT2D eigenvalue weighted by atomic mass is 35.5. The first kappa shape index (κ1) is 15.5.